The van der Waals surface area contributed by atoms with Crippen LogP contribution in [0.2, 0.25) is 0 Å². The number of hydrogen-bond acceptors (Lipinski definition) is 4. The Kier molecular flexibility index (Phi) is 6.88. The molecular formula is C21H33N3O. The monoisotopic (exact) mass is 343 g/mol. The Balaban J connectivity index is 1.41. The highest BCUT2D eigenvalue weighted by Crippen LogP contribution is 2.19. The van der Waals surface area contributed by atoms with Crippen molar-refractivity contribution < 1.29 is 4.74 Å². The number of aliphatic imine (C=N–C) groups is 1. The zero-order valence-electron chi connectivity index (χ0n) is 15.9. The van der Waals surface area contributed by atoms with Crippen molar-refractivity contribution in [1.29, 1.82) is 0 Å². The van der Waals surface area contributed by atoms with E-state index in [4.69, 9.17) is 9.73 Å². The summed E-state index contributed by atoms with van der Waals surface area (Å²) in [5, 5.41) is 0. The van der Waals surface area contributed by atoms with Crippen LogP contribution in [0.1, 0.15) is 44.1 Å². The average molecular weight is 344 g/mol. The minimum absolute atomic E-state index is 0.589. The van der Waals surface area contributed by atoms with Gasteiger partial charge in [0, 0.05) is 18.3 Å². The number of benzene rings is 1. The van der Waals surface area contributed by atoms with Gasteiger partial charge in [-0.1, -0.05) is 6.42 Å². The number of hydrogen-bond donors (Lipinski definition) is 0. The summed E-state index contributed by atoms with van der Waals surface area (Å²) in [6, 6.07) is 9.10. The molecule has 2 aliphatic rings. The average Bonchev–Trinajstić information content (AvgIpc) is 2.67. The third-order valence-electron chi connectivity index (χ3n) is 5.46. The highest BCUT2D eigenvalue weighted by Gasteiger charge is 2.18. The smallest absolute Gasteiger partial charge is 0.119 e. The molecule has 0 saturated carbocycles. The third-order valence-corrected chi connectivity index (χ3v) is 5.46. The molecule has 0 unspecified atom stereocenters. The Labute approximate surface area is 152 Å². The van der Waals surface area contributed by atoms with Gasteiger partial charge in [0.25, 0.3) is 0 Å². The van der Waals surface area contributed by atoms with Crippen LogP contribution in [0.15, 0.2) is 29.3 Å². The molecule has 138 valence electrons. The minimum atomic E-state index is 0.589. The van der Waals surface area contributed by atoms with E-state index >= 15 is 0 Å². The molecule has 4 heteroatoms. The second kappa shape index (κ2) is 9.35. The van der Waals surface area contributed by atoms with Crippen molar-refractivity contribution in [1.82, 2.24) is 9.80 Å². The van der Waals surface area contributed by atoms with Gasteiger partial charge in [0.1, 0.15) is 5.75 Å². The summed E-state index contributed by atoms with van der Waals surface area (Å²) in [6.07, 6.45) is 7.50. The highest BCUT2D eigenvalue weighted by molar-refractivity contribution is 6.01. The molecule has 1 aromatic rings. The van der Waals surface area contributed by atoms with Crippen LogP contribution in [0.4, 0.5) is 0 Å². The number of rotatable bonds is 7. The molecule has 0 aliphatic carbocycles. The van der Waals surface area contributed by atoms with E-state index in [1.165, 1.54) is 56.6 Å². The van der Waals surface area contributed by atoms with Crippen molar-refractivity contribution >= 4 is 5.71 Å². The fourth-order valence-electron chi connectivity index (χ4n) is 3.75. The Morgan fingerprint density at radius 2 is 1.88 bits per heavy atom. The number of ether oxygens (including phenoxy) is 1. The Hall–Kier alpha value is -1.39. The third kappa shape index (κ3) is 5.55. The Morgan fingerprint density at radius 3 is 2.52 bits per heavy atom. The maximum absolute atomic E-state index is 5.91. The van der Waals surface area contributed by atoms with Crippen molar-refractivity contribution in [3.05, 3.63) is 29.8 Å². The molecule has 1 fully saturated rings. The summed E-state index contributed by atoms with van der Waals surface area (Å²) in [7, 11) is 4.28. The molecule has 1 atom stereocenters. The van der Waals surface area contributed by atoms with E-state index in [0.717, 1.165) is 31.7 Å². The standard InChI is InChI=1S/C21H33N3O/c1-23(2)19-9-12-21(22-17-19)18-7-10-20(11-8-18)25-16-6-15-24-13-4-3-5-14-24/h7-8,10-11,19H,3-6,9,12-17H2,1-2H3/t19-/m1/s1. The lowest BCUT2D eigenvalue weighted by molar-refractivity contribution is 0.205. The van der Waals surface area contributed by atoms with Crippen molar-refractivity contribution in [3.63, 3.8) is 0 Å². The SMILES string of the molecule is CN(C)[C@@H]1CCC(c2ccc(OCCCN3CCCCC3)cc2)=NC1. The first-order valence-electron chi connectivity index (χ1n) is 9.88. The number of piperidine rings is 1. The summed E-state index contributed by atoms with van der Waals surface area (Å²) < 4.78 is 5.91. The van der Waals surface area contributed by atoms with Crippen molar-refractivity contribution in [3.8, 4) is 5.75 Å². The van der Waals surface area contributed by atoms with E-state index in [1.807, 2.05) is 0 Å². The zero-order valence-corrected chi connectivity index (χ0v) is 15.9. The highest BCUT2D eigenvalue weighted by atomic mass is 16.5. The minimum Gasteiger partial charge on any atom is -0.494 e. The van der Waals surface area contributed by atoms with Gasteiger partial charge >= 0.3 is 0 Å². The molecule has 4 nitrogen and oxygen atoms in total. The van der Waals surface area contributed by atoms with E-state index in [1.54, 1.807) is 0 Å². The number of likely N-dealkylation sites (tertiary alicyclic amines) is 1. The quantitative estimate of drug-likeness (QED) is 0.710. The Morgan fingerprint density at radius 1 is 1.12 bits per heavy atom. The summed E-state index contributed by atoms with van der Waals surface area (Å²) in [4.78, 5) is 9.63. The van der Waals surface area contributed by atoms with E-state index in [0.29, 0.717) is 6.04 Å². The first-order chi connectivity index (χ1) is 12.2. The molecular weight excluding hydrogens is 310 g/mol. The summed E-state index contributed by atoms with van der Waals surface area (Å²) >= 11 is 0. The number of nitrogens with zero attached hydrogens (tertiary/aromatic N) is 3. The predicted molar refractivity (Wildman–Crippen MR) is 105 cm³/mol. The van der Waals surface area contributed by atoms with E-state index < -0.39 is 0 Å². The van der Waals surface area contributed by atoms with Gasteiger partial charge in [-0.25, -0.2) is 0 Å². The van der Waals surface area contributed by atoms with Gasteiger partial charge in [0.2, 0.25) is 0 Å². The Bertz CT molecular complexity index is 547. The second-order valence-corrected chi connectivity index (χ2v) is 7.57. The van der Waals surface area contributed by atoms with Gasteiger partial charge in [-0.15, -0.1) is 0 Å². The lowest BCUT2D eigenvalue weighted by atomic mass is 9.98. The second-order valence-electron chi connectivity index (χ2n) is 7.57. The topological polar surface area (TPSA) is 28.1 Å². The van der Waals surface area contributed by atoms with Crippen LogP contribution in [-0.4, -0.2) is 68.4 Å². The van der Waals surface area contributed by atoms with Crippen LogP contribution in [-0.2, 0) is 0 Å². The molecule has 2 aliphatic heterocycles. The van der Waals surface area contributed by atoms with Gasteiger partial charge in [0.15, 0.2) is 0 Å². The van der Waals surface area contributed by atoms with Gasteiger partial charge < -0.3 is 14.5 Å². The summed E-state index contributed by atoms with van der Waals surface area (Å²) in [5.41, 5.74) is 2.49. The van der Waals surface area contributed by atoms with Gasteiger partial charge in [-0.3, -0.25) is 4.99 Å². The lowest BCUT2D eigenvalue weighted by Crippen LogP contribution is -2.34. The van der Waals surface area contributed by atoms with Gasteiger partial charge in [-0.2, -0.15) is 0 Å². The molecule has 0 aromatic heterocycles. The van der Waals surface area contributed by atoms with Crippen LogP contribution >= 0.6 is 0 Å². The van der Waals surface area contributed by atoms with Crippen LogP contribution in [0.3, 0.4) is 0 Å². The largest absolute Gasteiger partial charge is 0.494 e. The van der Waals surface area contributed by atoms with Crippen molar-refractivity contribution in [2.45, 2.75) is 44.6 Å². The van der Waals surface area contributed by atoms with Crippen LogP contribution in [0.5, 0.6) is 5.75 Å². The summed E-state index contributed by atoms with van der Waals surface area (Å²) in [5.74, 6) is 0.977. The molecule has 0 spiro atoms. The van der Waals surface area contributed by atoms with Crippen LogP contribution < -0.4 is 4.74 Å². The molecule has 0 N–H and O–H groups in total. The summed E-state index contributed by atoms with van der Waals surface area (Å²) in [6.45, 7) is 5.43. The number of likely N-dealkylation sites (N-methyl/N-ethyl adjacent to an activating group) is 1. The molecule has 0 radical (unpaired) electrons. The molecule has 25 heavy (non-hydrogen) atoms. The van der Waals surface area contributed by atoms with E-state index in [2.05, 4.69) is 48.2 Å². The fraction of sp³-hybridized carbons (Fsp3) is 0.667. The maximum Gasteiger partial charge on any atom is 0.119 e. The molecule has 1 aromatic carbocycles. The first-order valence-corrected chi connectivity index (χ1v) is 9.88. The van der Waals surface area contributed by atoms with Crippen molar-refractivity contribution in [2.75, 3.05) is 46.9 Å². The fourth-order valence-corrected chi connectivity index (χ4v) is 3.75. The van der Waals surface area contributed by atoms with Gasteiger partial charge in [0.05, 0.1) is 13.2 Å². The predicted octanol–water partition coefficient (Wildman–Crippen LogP) is 3.45. The maximum atomic E-state index is 5.91. The zero-order chi connectivity index (χ0) is 17.5. The van der Waals surface area contributed by atoms with Gasteiger partial charge in [-0.05, 0) is 89.1 Å². The van der Waals surface area contributed by atoms with E-state index in [9.17, 15) is 0 Å². The van der Waals surface area contributed by atoms with Crippen LogP contribution in [0, 0.1) is 0 Å². The first kappa shape index (κ1) is 18.4. The van der Waals surface area contributed by atoms with E-state index in [-0.39, 0.29) is 0 Å². The normalized spacial score (nSPS) is 22.0. The van der Waals surface area contributed by atoms with Crippen LogP contribution in [0.25, 0.3) is 0 Å². The molecule has 0 bridgehead atoms. The molecule has 1 saturated heterocycles. The lowest BCUT2D eigenvalue weighted by Gasteiger charge is -2.27. The molecule has 0 amide bonds. The van der Waals surface area contributed by atoms with Crippen molar-refractivity contribution in [2.24, 2.45) is 4.99 Å². The molecule has 2 heterocycles. The molecule has 3 rings (SSSR count).